The summed E-state index contributed by atoms with van der Waals surface area (Å²) in [6, 6.07) is 14.4. The fourth-order valence-corrected chi connectivity index (χ4v) is 2.89. The van der Waals surface area contributed by atoms with E-state index >= 15 is 0 Å². The average Bonchev–Trinajstić information content (AvgIpc) is 2.84. The van der Waals surface area contributed by atoms with E-state index < -0.39 is 0 Å². The minimum atomic E-state index is 0.748. The molecule has 0 spiro atoms. The molecule has 0 saturated heterocycles. The van der Waals surface area contributed by atoms with Gasteiger partial charge in [-0.1, -0.05) is 35.9 Å². The summed E-state index contributed by atoms with van der Waals surface area (Å²) in [5.74, 6) is 1.09. The number of hydrogen-bond acceptors (Lipinski definition) is 2. The van der Waals surface area contributed by atoms with Crippen LogP contribution in [0.2, 0.25) is 5.02 Å². The molecule has 0 bridgehead atoms. The van der Waals surface area contributed by atoms with E-state index in [1.807, 2.05) is 25.2 Å². The Labute approximate surface area is 135 Å². The molecule has 1 N–H and O–H groups in total. The van der Waals surface area contributed by atoms with E-state index in [4.69, 9.17) is 16.6 Å². The highest BCUT2D eigenvalue weighted by atomic mass is 35.5. The molecule has 0 fully saturated rings. The Balaban J connectivity index is 2.07. The maximum Gasteiger partial charge on any atom is 0.111 e. The highest BCUT2D eigenvalue weighted by Gasteiger charge is 2.12. The number of benzene rings is 2. The van der Waals surface area contributed by atoms with Crippen molar-refractivity contribution in [1.82, 2.24) is 14.9 Å². The van der Waals surface area contributed by atoms with Crippen LogP contribution in [-0.2, 0) is 13.0 Å². The number of aromatic nitrogens is 2. The number of imidazole rings is 1. The zero-order valence-corrected chi connectivity index (χ0v) is 13.7. The first-order valence-electron chi connectivity index (χ1n) is 7.53. The van der Waals surface area contributed by atoms with Crippen molar-refractivity contribution in [1.29, 1.82) is 0 Å². The van der Waals surface area contributed by atoms with Gasteiger partial charge in [0, 0.05) is 18.0 Å². The Morgan fingerprint density at radius 2 is 2.00 bits per heavy atom. The molecule has 0 amide bonds. The first kappa shape index (κ1) is 15.1. The second kappa shape index (κ2) is 6.51. The Morgan fingerprint density at radius 1 is 1.18 bits per heavy atom. The van der Waals surface area contributed by atoms with Gasteiger partial charge in [-0.3, -0.25) is 0 Å². The Kier molecular flexibility index (Phi) is 4.46. The third kappa shape index (κ3) is 3.01. The maximum absolute atomic E-state index is 6.33. The smallest absolute Gasteiger partial charge is 0.111 e. The van der Waals surface area contributed by atoms with Crippen molar-refractivity contribution in [2.75, 3.05) is 13.6 Å². The predicted octanol–water partition coefficient (Wildman–Crippen LogP) is 3.81. The summed E-state index contributed by atoms with van der Waals surface area (Å²) in [5.41, 5.74) is 4.57. The van der Waals surface area contributed by atoms with E-state index in [2.05, 4.69) is 41.1 Å². The third-order valence-corrected chi connectivity index (χ3v) is 4.24. The molecule has 0 radical (unpaired) electrons. The van der Waals surface area contributed by atoms with Gasteiger partial charge in [-0.2, -0.15) is 0 Å². The number of nitrogens with zero attached hydrogens (tertiary/aromatic N) is 2. The molecule has 2 aromatic carbocycles. The second-order valence-corrected chi connectivity index (χ2v) is 5.96. The predicted molar refractivity (Wildman–Crippen MR) is 92.7 cm³/mol. The van der Waals surface area contributed by atoms with Gasteiger partial charge in [0.25, 0.3) is 0 Å². The zero-order valence-electron chi connectivity index (χ0n) is 12.9. The van der Waals surface area contributed by atoms with Crippen LogP contribution in [0.25, 0.3) is 11.0 Å². The first-order chi connectivity index (χ1) is 10.7. The molecule has 0 aliphatic heterocycles. The second-order valence-electron chi connectivity index (χ2n) is 5.55. The van der Waals surface area contributed by atoms with Crippen molar-refractivity contribution in [2.45, 2.75) is 19.9 Å². The summed E-state index contributed by atoms with van der Waals surface area (Å²) in [6.07, 6.45) is 0.898. The number of halogens is 1. The standard InChI is InChI=1S/C18H20ClN3/c1-13-7-8-17-16(11-13)21-18(9-10-20-2)22(17)12-14-5-3-4-6-15(14)19/h3-8,11,20H,9-10,12H2,1-2H3. The quantitative estimate of drug-likeness (QED) is 0.776. The van der Waals surface area contributed by atoms with Crippen molar-refractivity contribution in [3.8, 4) is 0 Å². The summed E-state index contributed by atoms with van der Waals surface area (Å²) in [4.78, 5) is 4.82. The molecule has 3 aromatic rings. The van der Waals surface area contributed by atoms with Crippen LogP contribution in [0.1, 0.15) is 17.0 Å². The number of aryl methyl sites for hydroxylation is 1. The average molecular weight is 314 g/mol. The van der Waals surface area contributed by atoms with E-state index in [-0.39, 0.29) is 0 Å². The van der Waals surface area contributed by atoms with E-state index in [9.17, 15) is 0 Å². The zero-order chi connectivity index (χ0) is 15.5. The molecular formula is C18H20ClN3. The number of rotatable bonds is 5. The van der Waals surface area contributed by atoms with Gasteiger partial charge in [-0.05, 0) is 43.3 Å². The summed E-state index contributed by atoms with van der Waals surface area (Å²) < 4.78 is 2.27. The number of hydrogen-bond donors (Lipinski definition) is 1. The molecule has 0 unspecified atom stereocenters. The Bertz CT molecular complexity index is 792. The maximum atomic E-state index is 6.33. The van der Waals surface area contributed by atoms with E-state index in [0.29, 0.717) is 0 Å². The molecule has 22 heavy (non-hydrogen) atoms. The van der Waals surface area contributed by atoms with Gasteiger partial charge >= 0.3 is 0 Å². The molecule has 114 valence electrons. The number of fused-ring (bicyclic) bond motifs is 1. The van der Waals surface area contributed by atoms with Crippen molar-refractivity contribution in [3.05, 3.63) is 64.4 Å². The lowest BCUT2D eigenvalue weighted by atomic mass is 10.2. The van der Waals surface area contributed by atoms with E-state index in [1.54, 1.807) is 0 Å². The molecule has 0 saturated carbocycles. The van der Waals surface area contributed by atoms with Crippen LogP contribution in [0.5, 0.6) is 0 Å². The molecule has 3 nitrogen and oxygen atoms in total. The first-order valence-corrected chi connectivity index (χ1v) is 7.90. The van der Waals surface area contributed by atoms with Crippen molar-refractivity contribution >= 4 is 22.6 Å². The molecule has 0 aliphatic rings. The fourth-order valence-electron chi connectivity index (χ4n) is 2.69. The number of likely N-dealkylation sites (N-methyl/N-ethyl adjacent to an activating group) is 1. The normalized spacial score (nSPS) is 11.2. The SMILES string of the molecule is CNCCc1nc2cc(C)ccc2n1Cc1ccccc1Cl. The fraction of sp³-hybridized carbons (Fsp3) is 0.278. The molecule has 0 aliphatic carbocycles. The molecule has 1 heterocycles. The van der Waals surface area contributed by atoms with Gasteiger partial charge in [0.1, 0.15) is 5.82 Å². The van der Waals surface area contributed by atoms with E-state index in [0.717, 1.165) is 47.0 Å². The largest absolute Gasteiger partial charge is 0.323 e. The summed E-state index contributed by atoms with van der Waals surface area (Å²) in [6.45, 7) is 3.75. The summed E-state index contributed by atoms with van der Waals surface area (Å²) in [7, 11) is 1.96. The Hall–Kier alpha value is -1.84. The highest BCUT2D eigenvalue weighted by Crippen LogP contribution is 2.22. The molecular weight excluding hydrogens is 294 g/mol. The van der Waals surface area contributed by atoms with Crippen LogP contribution in [0.15, 0.2) is 42.5 Å². The van der Waals surface area contributed by atoms with Crippen LogP contribution in [0.4, 0.5) is 0 Å². The third-order valence-electron chi connectivity index (χ3n) is 3.87. The summed E-state index contributed by atoms with van der Waals surface area (Å²) in [5, 5.41) is 4.00. The van der Waals surface area contributed by atoms with Crippen LogP contribution < -0.4 is 5.32 Å². The monoisotopic (exact) mass is 313 g/mol. The molecule has 0 atom stereocenters. The summed E-state index contributed by atoms with van der Waals surface area (Å²) >= 11 is 6.33. The lowest BCUT2D eigenvalue weighted by Gasteiger charge is -2.11. The van der Waals surface area contributed by atoms with Crippen LogP contribution >= 0.6 is 11.6 Å². The topological polar surface area (TPSA) is 29.9 Å². The van der Waals surface area contributed by atoms with Crippen molar-refractivity contribution in [3.63, 3.8) is 0 Å². The van der Waals surface area contributed by atoms with Gasteiger partial charge < -0.3 is 9.88 Å². The van der Waals surface area contributed by atoms with Gasteiger partial charge in [-0.25, -0.2) is 4.98 Å². The van der Waals surface area contributed by atoms with Gasteiger partial charge in [0.05, 0.1) is 17.6 Å². The van der Waals surface area contributed by atoms with Gasteiger partial charge in [0.15, 0.2) is 0 Å². The van der Waals surface area contributed by atoms with Crippen molar-refractivity contribution in [2.24, 2.45) is 0 Å². The molecule has 1 aromatic heterocycles. The minimum absolute atomic E-state index is 0.748. The lowest BCUT2D eigenvalue weighted by molar-refractivity contribution is 0.696. The van der Waals surface area contributed by atoms with E-state index in [1.165, 1.54) is 5.56 Å². The highest BCUT2D eigenvalue weighted by molar-refractivity contribution is 6.31. The van der Waals surface area contributed by atoms with Crippen LogP contribution in [0.3, 0.4) is 0 Å². The van der Waals surface area contributed by atoms with Gasteiger partial charge in [-0.15, -0.1) is 0 Å². The lowest BCUT2D eigenvalue weighted by Crippen LogP contribution is -2.14. The minimum Gasteiger partial charge on any atom is -0.323 e. The van der Waals surface area contributed by atoms with Crippen LogP contribution in [0, 0.1) is 6.92 Å². The Morgan fingerprint density at radius 3 is 2.77 bits per heavy atom. The van der Waals surface area contributed by atoms with Gasteiger partial charge in [0.2, 0.25) is 0 Å². The van der Waals surface area contributed by atoms with Crippen LogP contribution in [-0.4, -0.2) is 23.1 Å². The molecule has 3 rings (SSSR count). The molecule has 4 heteroatoms. The van der Waals surface area contributed by atoms with Crippen molar-refractivity contribution < 1.29 is 0 Å². The number of nitrogens with one attached hydrogen (secondary N) is 1.